The number of rotatable bonds is 6. The quantitative estimate of drug-likeness (QED) is 0.386. The number of methoxy groups -OCH3 is 2. The van der Waals surface area contributed by atoms with Crippen molar-refractivity contribution < 1.29 is 31.5 Å². The lowest BCUT2D eigenvalue weighted by Crippen LogP contribution is -2.15. The van der Waals surface area contributed by atoms with Crippen LogP contribution in [-0.2, 0) is 9.84 Å². The molecule has 0 radical (unpaired) electrons. The Kier molecular flexibility index (Phi) is 6.51. The number of carbonyl (C=O) groups excluding carboxylic acids is 1. The Morgan fingerprint density at radius 2 is 1.82 bits per heavy atom. The van der Waals surface area contributed by atoms with Crippen LogP contribution in [0.15, 0.2) is 42.5 Å². The minimum absolute atomic E-state index is 0.0386. The number of hydrogen-bond acceptors (Lipinski definition) is 7. The average Bonchev–Trinajstić information content (AvgIpc) is 3.43. The zero-order valence-electron chi connectivity index (χ0n) is 20.8. The van der Waals surface area contributed by atoms with Gasteiger partial charge in [0.05, 0.1) is 54.1 Å². The summed E-state index contributed by atoms with van der Waals surface area (Å²) in [6, 6.07) is 9.36. The van der Waals surface area contributed by atoms with E-state index < -0.39 is 33.4 Å². The molecule has 1 unspecified atom stereocenters. The van der Waals surface area contributed by atoms with E-state index in [9.17, 15) is 22.0 Å². The minimum atomic E-state index is -3.22. The van der Waals surface area contributed by atoms with E-state index >= 15 is 0 Å². The van der Waals surface area contributed by atoms with Gasteiger partial charge in [0, 0.05) is 17.3 Å². The molecule has 0 saturated carbocycles. The molecule has 38 heavy (non-hydrogen) atoms. The normalized spacial score (nSPS) is 16.5. The van der Waals surface area contributed by atoms with Gasteiger partial charge in [0.2, 0.25) is 0 Å². The largest absolute Gasteiger partial charge is 0.493 e. The molecule has 0 aliphatic carbocycles. The first kappa shape index (κ1) is 25.6. The summed E-state index contributed by atoms with van der Waals surface area (Å²) < 4.78 is 63.9. The van der Waals surface area contributed by atoms with Crippen LogP contribution in [0.5, 0.6) is 11.5 Å². The summed E-state index contributed by atoms with van der Waals surface area (Å²) in [6.45, 7) is 1.70. The molecule has 1 N–H and O–H groups in total. The van der Waals surface area contributed by atoms with E-state index in [0.717, 1.165) is 12.1 Å². The second-order valence-corrected chi connectivity index (χ2v) is 11.2. The summed E-state index contributed by atoms with van der Waals surface area (Å²) in [7, 11) is -0.210. The van der Waals surface area contributed by atoms with E-state index in [1.165, 1.54) is 20.3 Å². The van der Waals surface area contributed by atoms with E-state index in [1.807, 2.05) is 0 Å². The maximum Gasteiger partial charge on any atom is 0.256 e. The Hall–Kier alpha value is -4.06. The molecule has 1 aliphatic rings. The molecule has 2 aromatic heterocycles. The highest BCUT2D eigenvalue weighted by Gasteiger charge is 2.32. The van der Waals surface area contributed by atoms with E-state index in [0.29, 0.717) is 45.9 Å². The molecule has 1 saturated heterocycles. The fourth-order valence-electron chi connectivity index (χ4n) is 4.63. The smallest absolute Gasteiger partial charge is 0.256 e. The van der Waals surface area contributed by atoms with Crippen LogP contribution in [0.2, 0.25) is 0 Å². The highest BCUT2D eigenvalue weighted by molar-refractivity contribution is 7.91. The number of fused-ring (bicyclic) bond motifs is 1. The molecule has 1 aliphatic heterocycles. The number of anilines is 1. The van der Waals surface area contributed by atoms with Crippen molar-refractivity contribution in [3.63, 3.8) is 0 Å². The lowest BCUT2D eigenvalue weighted by atomic mass is 10.0. The number of carbonyl (C=O) groups is 1. The van der Waals surface area contributed by atoms with Gasteiger partial charge >= 0.3 is 0 Å². The number of ether oxygens (including phenoxy) is 2. The maximum atomic E-state index is 13.8. The third kappa shape index (κ3) is 4.67. The summed E-state index contributed by atoms with van der Waals surface area (Å²) in [5.41, 5.74) is 2.08. The highest BCUT2D eigenvalue weighted by Crippen LogP contribution is 2.35. The first-order valence-corrected chi connectivity index (χ1v) is 13.5. The van der Waals surface area contributed by atoms with Crippen molar-refractivity contribution in [2.24, 2.45) is 0 Å². The predicted octanol–water partition coefficient (Wildman–Crippen LogP) is 4.31. The van der Waals surface area contributed by atoms with Crippen molar-refractivity contribution >= 4 is 32.5 Å². The predicted molar refractivity (Wildman–Crippen MR) is 137 cm³/mol. The summed E-state index contributed by atoms with van der Waals surface area (Å²) in [4.78, 5) is 18.3. The van der Waals surface area contributed by atoms with Crippen LogP contribution >= 0.6 is 0 Å². The van der Waals surface area contributed by atoms with Crippen LogP contribution in [0.1, 0.15) is 28.5 Å². The van der Waals surface area contributed by atoms with Gasteiger partial charge in [-0.25, -0.2) is 26.9 Å². The number of sulfone groups is 1. The molecule has 5 rings (SSSR count). The van der Waals surface area contributed by atoms with Gasteiger partial charge in [-0.2, -0.15) is 5.10 Å². The molecule has 1 atom stereocenters. The first-order valence-electron chi connectivity index (χ1n) is 11.7. The standard InChI is InChI=1S/C26H24F2N4O5S/c1-14-24-18(26(33)29-16-5-6-19(27)20(28)11-16)12-21(15-4-7-22(36-2)23(10-15)37-3)30-25(24)32(31-14)17-8-9-38(34,35)13-17/h4-7,10-12,17H,8-9,13H2,1-3H3,(H,29,33). The second kappa shape index (κ2) is 9.67. The molecular formula is C26H24F2N4O5S. The Morgan fingerprint density at radius 3 is 2.47 bits per heavy atom. The number of aryl methyl sites for hydroxylation is 1. The number of amides is 1. The van der Waals surface area contributed by atoms with Crippen molar-refractivity contribution in [1.82, 2.24) is 14.8 Å². The number of benzene rings is 2. The van der Waals surface area contributed by atoms with Crippen LogP contribution in [0, 0.1) is 18.6 Å². The van der Waals surface area contributed by atoms with Gasteiger partial charge in [-0.05, 0) is 49.7 Å². The molecule has 1 fully saturated rings. The van der Waals surface area contributed by atoms with Crippen LogP contribution < -0.4 is 14.8 Å². The van der Waals surface area contributed by atoms with Crippen molar-refractivity contribution in [3.05, 3.63) is 65.4 Å². The van der Waals surface area contributed by atoms with Crippen molar-refractivity contribution in [2.45, 2.75) is 19.4 Å². The topological polar surface area (TPSA) is 112 Å². The van der Waals surface area contributed by atoms with Crippen molar-refractivity contribution in [3.8, 4) is 22.8 Å². The number of nitrogens with zero attached hydrogens (tertiary/aromatic N) is 3. The average molecular weight is 543 g/mol. The Labute approximate surface area is 217 Å². The third-order valence-corrected chi connectivity index (χ3v) is 8.24. The van der Waals surface area contributed by atoms with Gasteiger partial charge in [-0.3, -0.25) is 4.79 Å². The van der Waals surface area contributed by atoms with Crippen LogP contribution in [-0.4, -0.2) is 54.8 Å². The van der Waals surface area contributed by atoms with Gasteiger partial charge in [-0.1, -0.05) is 0 Å². The van der Waals surface area contributed by atoms with Crippen LogP contribution in [0.3, 0.4) is 0 Å². The summed E-state index contributed by atoms with van der Waals surface area (Å²) in [5, 5.41) is 7.60. The number of aromatic nitrogens is 3. The monoisotopic (exact) mass is 542 g/mol. The molecule has 9 nitrogen and oxygen atoms in total. The van der Waals surface area contributed by atoms with Gasteiger partial charge in [-0.15, -0.1) is 0 Å². The summed E-state index contributed by atoms with van der Waals surface area (Å²) in [5.74, 6) is -1.81. The first-order chi connectivity index (χ1) is 18.1. The van der Waals surface area contributed by atoms with E-state index in [2.05, 4.69) is 10.4 Å². The Balaban J connectivity index is 1.68. The number of nitrogens with one attached hydrogen (secondary N) is 1. The maximum absolute atomic E-state index is 13.8. The molecule has 0 bridgehead atoms. The molecular weight excluding hydrogens is 518 g/mol. The van der Waals surface area contributed by atoms with Gasteiger partial charge < -0.3 is 14.8 Å². The molecule has 0 spiro atoms. The van der Waals surface area contributed by atoms with E-state index in [-0.39, 0.29) is 22.8 Å². The highest BCUT2D eigenvalue weighted by atomic mass is 32.2. The van der Waals surface area contributed by atoms with Crippen molar-refractivity contribution in [1.29, 1.82) is 0 Å². The molecule has 4 aromatic rings. The fraction of sp³-hybridized carbons (Fsp3) is 0.269. The number of halogens is 2. The second-order valence-electron chi connectivity index (χ2n) is 8.99. The molecule has 2 aromatic carbocycles. The van der Waals surface area contributed by atoms with Gasteiger partial charge in [0.25, 0.3) is 5.91 Å². The Morgan fingerprint density at radius 1 is 1.05 bits per heavy atom. The van der Waals surface area contributed by atoms with Gasteiger partial charge in [0.15, 0.2) is 38.6 Å². The van der Waals surface area contributed by atoms with E-state index in [4.69, 9.17) is 14.5 Å². The lowest BCUT2D eigenvalue weighted by Gasteiger charge is -2.13. The number of hydrogen-bond donors (Lipinski definition) is 1. The summed E-state index contributed by atoms with van der Waals surface area (Å²) >= 11 is 0. The van der Waals surface area contributed by atoms with E-state index in [1.54, 1.807) is 35.9 Å². The minimum Gasteiger partial charge on any atom is -0.493 e. The lowest BCUT2D eigenvalue weighted by molar-refractivity contribution is 0.102. The fourth-order valence-corrected chi connectivity index (χ4v) is 6.32. The molecule has 198 valence electrons. The SMILES string of the molecule is COc1ccc(-c2cc(C(=O)Nc3ccc(F)c(F)c3)c3c(C)nn(C4CCS(=O)(=O)C4)c3n2)cc1OC. The van der Waals surface area contributed by atoms with Crippen molar-refractivity contribution in [2.75, 3.05) is 31.0 Å². The molecule has 1 amide bonds. The molecule has 12 heteroatoms. The van der Waals surface area contributed by atoms with Crippen LogP contribution in [0.25, 0.3) is 22.3 Å². The molecule has 3 heterocycles. The van der Waals surface area contributed by atoms with Crippen LogP contribution in [0.4, 0.5) is 14.5 Å². The zero-order valence-corrected chi connectivity index (χ0v) is 21.6. The third-order valence-electron chi connectivity index (χ3n) is 6.49. The van der Waals surface area contributed by atoms with Gasteiger partial charge in [0.1, 0.15) is 0 Å². The zero-order chi connectivity index (χ0) is 27.2. The Bertz CT molecular complexity index is 1690. The number of pyridine rings is 1. The summed E-state index contributed by atoms with van der Waals surface area (Å²) in [6.07, 6.45) is 0.372.